The lowest BCUT2D eigenvalue weighted by Crippen LogP contribution is -2.45. The van der Waals surface area contributed by atoms with Crippen molar-refractivity contribution in [1.29, 1.82) is 0 Å². The van der Waals surface area contributed by atoms with Crippen LogP contribution in [0.3, 0.4) is 0 Å². The van der Waals surface area contributed by atoms with Crippen molar-refractivity contribution in [2.24, 2.45) is 34.7 Å². The van der Waals surface area contributed by atoms with Crippen molar-refractivity contribution in [3.8, 4) is 11.5 Å². The number of oxime groups is 1. The second-order valence-electron chi connectivity index (χ2n) is 8.24. The maximum Gasteiger partial charge on any atom is 0.233 e. The lowest BCUT2D eigenvalue weighted by molar-refractivity contribution is -0.294. The van der Waals surface area contributed by atoms with Crippen LogP contribution in [0.15, 0.2) is 23.4 Å². The van der Waals surface area contributed by atoms with E-state index >= 15 is 0 Å². The van der Waals surface area contributed by atoms with Crippen LogP contribution >= 0.6 is 0 Å². The normalized spacial score (nSPS) is 33.3. The first-order valence-corrected chi connectivity index (χ1v) is 9.97. The Morgan fingerprint density at radius 3 is 2.50 bits per heavy atom. The van der Waals surface area contributed by atoms with Gasteiger partial charge in [-0.3, -0.25) is 14.5 Å². The molecule has 158 valence electrons. The van der Waals surface area contributed by atoms with Gasteiger partial charge >= 0.3 is 0 Å². The van der Waals surface area contributed by atoms with Gasteiger partial charge in [0.2, 0.25) is 11.8 Å². The van der Waals surface area contributed by atoms with Gasteiger partial charge in [-0.1, -0.05) is 11.2 Å². The smallest absolute Gasteiger partial charge is 0.233 e. The van der Waals surface area contributed by atoms with E-state index in [4.69, 9.17) is 14.3 Å². The molecule has 0 unspecified atom stereocenters. The van der Waals surface area contributed by atoms with Crippen molar-refractivity contribution in [1.82, 2.24) is 4.90 Å². The molecule has 30 heavy (non-hydrogen) atoms. The third-order valence-electron chi connectivity index (χ3n) is 7.06. The summed E-state index contributed by atoms with van der Waals surface area (Å²) in [6.45, 7) is 0.261. The first-order chi connectivity index (χ1) is 14.5. The Bertz CT molecular complexity index is 974. The highest BCUT2D eigenvalue weighted by Crippen LogP contribution is 2.61. The summed E-state index contributed by atoms with van der Waals surface area (Å²) in [5.74, 6) is -2.44. The van der Waals surface area contributed by atoms with Gasteiger partial charge in [-0.25, -0.2) is 0 Å². The fraction of sp³-hybridized carbons (Fsp3) is 0.524. The number of nitrogens with zero attached hydrogens (tertiary/aromatic N) is 2. The van der Waals surface area contributed by atoms with Crippen LogP contribution in [-0.4, -0.2) is 55.3 Å². The summed E-state index contributed by atoms with van der Waals surface area (Å²) in [6, 6.07) is 5.49. The number of carboxylic acid groups (broad SMARTS) is 1. The van der Waals surface area contributed by atoms with E-state index in [1.165, 1.54) is 4.90 Å². The highest BCUT2D eigenvalue weighted by molar-refractivity contribution is 6.36. The summed E-state index contributed by atoms with van der Waals surface area (Å²) >= 11 is 0. The largest absolute Gasteiger partial charge is 0.543 e. The van der Waals surface area contributed by atoms with Gasteiger partial charge in [0.15, 0.2) is 11.5 Å². The van der Waals surface area contributed by atoms with E-state index < -0.39 is 29.8 Å². The van der Waals surface area contributed by atoms with Crippen LogP contribution < -0.4 is 14.6 Å². The number of rotatable bonds is 6. The second-order valence-corrected chi connectivity index (χ2v) is 8.24. The lowest BCUT2D eigenvalue weighted by Gasteiger charge is -2.29. The Labute approximate surface area is 172 Å². The van der Waals surface area contributed by atoms with Gasteiger partial charge in [-0.2, -0.15) is 0 Å². The average molecular weight is 413 g/mol. The van der Waals surface area contributed by atoms with E-state index in [0.717, 1.165) is 5.56 Å². The molecule has 2 bridgehead atoms. The fourth-order valence-corrected chi connectivity index (χ4v) is 5.85. The van der Waals surface area contributed by atoms with Crippen molar-refractivity contribution in [3.05, 3.63) is 23.8 Å². The molecule has 2 amide bonds. The summed E-state index contributed by atoms with van der Waals surface area (Å²) in [4.78, 5) is 44.2. The predicted molar refractivity (Wildman–Crippen MR) is 99.4 cm³/mol. The molecule has 3 fully saturated rings. The molecule has 9 heteroatoms. The maximum absolute atomic E-state index is 13.1. The Morgan fingerprint density at radius 1 is 1.13 bits per heavy atom. The molecule has 2 aliphatic carbocycles. The molecular formula is C21H21N2O7-. The highest BCUT2D eigenvalue weighted by atomic mass is 16.6. The first-order valence-electron chi connectivity index (χ1n) is 9.97. The quantitative estimate of drug-likeness (QED) is 0.584. The third kappa shape index (κ3) is 2.47. The molecule has 2 heterocycles. The van der Waals surface area contributed by atoms with E-state index in [0.29, 0.717) is 24.3 Å². The van der Waals surface area contributed by atoms with Gasteiger partial charge in [0.1, 0.15) is 11.8 Å². The lowest BCUT2D eigenvalue weighted by atomic mass is 9.72. The van der Waals surface area contributed by atoms with Crippen molar-refractivity contribution in [3.63, 3.8) is 0 Å². The molecule has 1 aromatic carbocycles. The summed E-state index contributed by atoms with van der Waals surface area (Å²) in [5.41, 5.74) is 0.787. The number of likely N-dealkylation sites (tertiary alicyclic amines) is 1. The molecule has 0 N–H and O–H groups in total. The Kier molecular flexibility index (Phi) is 4.23. The number of carbonyl (C=O) groups is 3. The number of aliphatic carboxylic acids is 1. The fourth-order valence-electron chi connectivity index (χ4n) is 5.85. The van der Waals surface area contributed by atoms with Crippen LogP contribution in [0.2, 0.25) is 0 Å². The van der Waals surface area contributed by atoms with Gasteiger partial charge in [-0.05, 0) is 36.5 Å². The molecule has 5 rings (SSSR count). The number of carboxylic acids is 1. The van der Waals surface area contributed by atoms with Gasteiger partial charge in [0.25, 0.3) is 0 Å². The molecule has 0 radical (unpaired) electrons. The van der Waals surface area contributed by atoms with Crippen LogP contribution in [0.5, 0.6) is 11.5 Å². The molecule has 1 saturated heterocycles. The number of imide groups is 1. The van der Waals surface area contributed by atoms with Crippen molar-refractivity contribution in [2.45, 2.75) is 18.9 Å². The number of hydrogen-bond acceptors (Lipinski definition) is 8. The van der Waals surface area contributed by atoms with E-state index in [-0.39, 0.29) is 35.9 Å². The van der Waals surface area contributed by atoms with E-state index in [1.54, 1.807) is 20.3 Å². The van der Waals surface area contributed by atoms with Crippen LogP contribution in [0, 0.1) is 29.6 Å². The minimum Gasteiger partial charge on any atom is -0.543 e. The monoisotopic (exact) mass is 413 g/mol. The molecule has 1 aromatic rings. The van der Waals surface area contributed by atoms with E-state index in [1.807, 2.05) is 12.1 Å². The number of amides is 2. The zero-order chi connectivity index (χ0) is 21.2. The van der Waals surface area contributed by atoms with Gasteiger partial charge in [0.05, 0.1) is 37.9 Å². The number of ether oxygens (including phenoxy) is 2. The zero-order valence-corrected chi connectivity index (χ0v) is 16.6. The minimum atomic E-state index is -1.37. The highest BCUT2D eigenvalue weighted by Gasteiger charge is 2.70. The van der Waals surface area contributed by atoms with Gasteiger partial charge in [0, 0.05) is 12.5 Å². The topological polar surface area (TPSA) is 118 Å². The Balaban J connectivity index is 1.33. The first kappa shape index (κ1) is 18.9. The maximum atomic E-state index is 13.1. The van der Waals surface area contributed by atoms with E-state index in [2.05, 4.69) is 5.16 Å². The summed E-state index contributed by atoms with van der Waals surface area (Å²) in [5, 5.41) is 15.0. The summed E-state index contributed by atoms with van der Waals surface area (Å²) in [7, 11) is 3.11. The number of hydrogen-bond donors (Lipinski definition) is 0. The Hall–Kier alpha value is -3.10. The summed E-state index contributed by atoms with van der Waals surface area (Å²) in [6.07, 6.45) is 0.645. The van der Waals surface area contributed by atoms with Crippen LogP contribution in [-0.2, 0) is 25.6 Å². The molecule has 0 aromatic heterocycles. The summed E-state index contributed by atoms with van der Waals surface area (Å²) < 4.78 is 10.5. The Morgan fingerprint density at radius 2 is 1.83 bits per heavy atom. The minimum absolute atomic E-state index is 0.130. The van der Waals surface area contributed by atoms with Crippen LogP contribution in [0.4, 0.5) is 0 Å². The average Bonchev–Trinajstić information content (AvgIpc) is 3.47. The third-order valence-corrected chi connectivity index (χ3v) is 7.06. The van der Waals surface area contributed by atoms with Crippen LogP contribution in [0.1, 0.15) is 12.0 Å². The SMILES string of the molecule is COc1ccc(CCN2C(=O)[C@@H]3[C@@H]4C[C@@H]([C@H]5ON=C(C(=O)[O-])[C@H]45)[C@@H]3C2=O)cc1OC. The predicted octanol–water partition coefficient (Wildman–Crippen LogP) is -0.382. The number of benzene rings is 1. The van der Waals surface area contributed by atoms with Crippen LogP contribution in [0.25, 0.3) is 0 Å². The molecular weight excluding hydrogens is 392 g/mol. The standard InChI is InChI=1S/C21H22N2O7/c1-28-12-4-3-9(7-13(12)29-2)5-6-23-19(24)14-10-8-11(15(14)20(23)25)18-16(10)17(21(26)27)22-30-18/h3-4,7,10-11,14-16,18H,5-6,8H2,1-2H3,(H,26,27)/p-1/t10-,11+,14+,15-,16-,18+/m0/s1. The molecule has 9 nitrogen and oxygen atoms in total. The second kappa shape index (κ2) is 6.72. The molecule has 6 atom stereocenters. The number of fused-ring (bicyclic) bond motifs is 8. The van der Waals surface area contributed by atoms with Crippen molar-refractivity contribution >= 4 is 23.5 Å². The molecule has 2 aliphatic heterocycles. The zero-order valence-electron chi connectivity index (χ0n) is 16.6. The van der Waals surface area contributed by atoms with Crippen molar-refractivity contribution < 1.29 is 33.8 Å². The van der Waals surface area contributed by atoms with Gasteiger partial charge in [-0.15, -0.1) is 0 Å². The number of carbonyl (C=O) groups excluding carboxylic acids is 3. The number of methoxy groups -OCH3 is 2. The molecule has 0 spiro atoms. The van der Waals surface area contributed by atoms with E-state index in [9.17, 15) is 19.5 Å². The van der Waals surface area contributed by atoms with Gasteiger partial charge < -0.3 is 24.2 Å². The molecule has 2 saturated carbocycles. The van der Waals surface area contributed by atoms with Crippen molar-refractivity contribution in [2.75, 3.05) is 20.8 Å². The molecule has 4 aliphatic rings.